The molecule has 2 fully saturated rings. The first-order valence-electron chi connectivity index (χ1n) is 5.37. The molecule has 2 aliphatic rings. The molecule has 2 unspecified atom stereocenters. The van der Waals surface area contributed by atoms with Gasteiger partial charge in [-0.3, -0.25) is 19.4 Å². The molecule has 8 heteroatoms. The van der Waals surface area contributed by atoms with Gasteiger partial charge in [-0.15, -0.1) is 0 Å². The summed E-state index contributed by atoms with van der Waals surface area (Å²) in [4.78, 5) is 30.4. The molecule has 0 radical (unpaired) electrons. The summed E-state index contributed by atoms with van der Waals surface area (Å²) in [5.74, 6) is -0.350. The van der Waals surface area contributed by atoms with Crippen molar-refractivity contribution in [2.45, 2.75) is 12.1 Å². The first-order valence-corrected chi connectivity index (χ1v) is 6.19. The number of carbonyl (C=O) groups is 2. The van der Waals surface area contributed by atoms with Crippen LogP contribution in [0.5, 0.6) is 0 Å². The first-order chi connectivity index (χ1) is 8.29. The monoisotopic (exact) mass is 286 g/mol. The highest BCUT2D eigenvalue weighted by Crippen LogP contribution is 2.25. The van der Waals surface area contributed by atoms with E-state index in [4.69, 9.17) is 24.4 Å². The van der Waals surface area contributed by atoms with E-state index in [9.17, 15) is 9.59 Å². The van der Waals surface area contributed by atoms with E-state index in [1.807, 2.05) is 0 Å². The molecule has 0 aromatic heterocycles. The van der Waals surface area contributed by atoms with Crippen molar-refractivity contribution in [2.24, 2.45) is 0 Å². The fourth-order valence-electron chi connectivity index (χ4n) is 2.32. The van der Waals surface area contributed by atoms with Crippen LogP contribution in [0.3, 0.4) is 0 Å². The summed E-state index contributed by atoms with van der Waals surface area (Å²) in [5.41, 5.74) is 0. The van der Waals surface area contributed by atoms with E-state index in [1.165, 1.54) is 9.80 Å². The number of likely N-dealkylation sites (N-methyl/N-ethyl adjacent to an activating group) is 4. The maximum Gasteiger partial charge on any atom is 0.253 e. The molecule has 2 amide bonds. The van der Waals surface area contributed by atoms with Crippen molar-refractivity contribution in [3.63, 3.8) is 0 Å². The van der Waals surface area contributed by atoms with E-state index in [0.29, 0.717) is 10.2 Å². The molecule has 2 aliphatic heterocycles. The zero-order valence-electron chi connectivity index (χ0n) is 10.6. The number of rotatable bonds is 1. The number of amides is 2. The van der Waals surface area contributed by atoms with Gasteiger partial charge in [-0.25, -0.2) is 0 Å². The van der Waals surface area contributed by atoms with Crippen molar-refractivity contribution in [3.05, 3.63) is 0 Å². The number of carbonyl (C=O) groups excluding carboxylic acids is 2. The molecule has 0 aromatic rings. The predicted molar refractivity (Wildman–Crippen MR) is 73.8 cm³/mol. The minimum atomic E-state index is -0.608. The molecule has 0 spiro atoms. The van der Waals surface area contributed by atoms with Crippen LogP contribution in [0.25, 0.3) is 0 Å². The molecule has 2 atom stereocenters. The fourth-order valence-corrected chi connectivity index (χ4v) is 2.73. The van der Waals surface area contributed by atoms with E-state index < -0.39 is 12.1 Å². The standard InChI is InChI=1S/C10H14N4O2S2/c1-11-5(7(15)13(3)9(11)17)6-8(16)14(4)10(18)12(6)2/h5-6H,1-4H3. The van der Waals surface area contributed by atoms with E-state index in [0.717, 1.165) is 0 Å². The Labute approximate surface area is 116 Å². The van der Waals surface area contributed by atoms with Gasteiger partial charge in [0.05, 0.1) is 0 Å². The summed E-state index contributed by atoms with van der Waals surface area (Å²) in [5, 5.41) is 0.846. The van der Waals surface area contributed by atoms with Crippen LogP contribution in [0.15, 0.2) is 0 Å². The van der Waals surface area contributed by atoms with Gasteiger partial charge in [0.1, 0.15) is 12.1 Å². The fraction of sp³-hybridized carbons (Fsp3) is 0.600. The Bertz CT molecular complexity index is 425. The van der Waals surface area contributed by atoms with Gasteiger partial charge in [-0.2, -0.15) is 0 Å². The SMILES string of the molecule is CN1C(=O)C(C2C(=O)N(C)C(=S)N2C)N(C)C1=S. The van der Waals surface area contributed by atoms with E-state index in [1.54, 1.807) is 38.0 Å². The van der Waals surface area contributed by atoms with Gasteiger partial charge in [0.2, 0.25) is 0 Å². The van der Waals surface area contributed by atoms with E-state index in [2.05, 4.69) is 0 Å². The minimum Gasteiger partial charge on any atom is -0.337 e. The zero-order chi connectivity index (χ0) is 13.8. The maximum absolute atomic E-state index is 12.2. The molecule has 2 saturated heterocycles. The van der Waals surface area contributed by atoms with Crippen molar-refractivity contribution in [2.75, 3.05) is 28.2 Å². The predicted octanol–water partition coefficient (Wildman–Crippen LogP) is -0.899. The van der Waals surface area contributed by atoms with Crippen LogP contribution in [-0.2, 0) is 9.59 Å². The number of thiocarbonyl (C=S) groups is 2. The highest BCUT2D eigenvalue weighted by molar-refractivity contribution is 7.80. The molecule has 18 heavy (non-hydrogen) atoms. The van der Waals surface area contributed by atoms with Gasteiger partial charge in [0.25, 0.3) is 11.8 Å². The highest BCUT2D eigenvalue weighted by atomic mass is 32.1. The van der Waals surface area contributed by atoms with Crippen LogP contribution in [0.4, 0.5) is 0 Å². The van der Waals surface area contributed by atoms with E-state index >= 15 is 0 Å². The lowest BCUT2D eigenvalue weighted by Crippen LogP contribution is -2.51. The molecule has 2 heterocycles. The lowest BCUT2D eigenvalue weighted by atomic mass is 10.1. The molecule has 2 rings (SSSR count). The van der Waals surface area contributed by atoms with Gasteiger partial charge < -0.3 is 9.80 Å². The van der Waals surface area contributed by atoms with Crippen LogP contribution in [0, 0.1) is 0 Å². The maximum atomic E-state index is 12.2. The third-order valence-corrected chi connectivity index (χ3v) is 4.60. The smallest absolute Gasteiger partial charge is 0.253 e. The highest BCUT2D eigenvalue weighted by Gasteiger charge is 2.52. The summed E-state index contributed by atoms with van der Waals surface area (Å²) < 4.78 is 0. The van der Waals surface area contributed by atoms with Crippen LogP contribution in [-0.4, -0.2) is 81.9 Å². The summed E-state index contributed by atoms with van der Waals surface area (Å²) in [6.07, 6.45) is 0. The second-order valence-electron chi connectivity index (χ2n) is 4.47. The Morgan fingerprint density at radius 2 is 1.06 bits per heavy atom. The Kier molecular flexibility index (Phi) is 3.02. The van der Waals surface area contributed by atoms with Crippen LogP contribution in [0.1, 0.15) is 0 Å². The lowest BCUT2D eigenvalue weighted by molar-refractivity contribution is -0.135. The molecule has 0 aliphatic carbocycles. The van der Waals surface area contributed by atoms with Crippen molar-refractivity contribution in [3.8, 4) is 0 Å². The van der Waals surface area contributed by atoms with Gasteiger partial charge in [0.15, 0.2) is 10.2 Å². The summed E-state index contributed by atoms with van der Waals surface area (Å²) in [6, 6.07) is -1.22. The Morgan fingerprint density at radius 3 is 1.22 bits per heavy atom. The molecule has 0 aromatic carbocycles. The van der Waals surface area contributed by atoms with E-state index in [-0.39, 0.29) is 11.8 Å². The molecule has 0 N–H and O–H groups in total. The molecular formula is C10H14N4O2S2. The summed E-state index contributed by atoms with van der Waals surface area (Å²) in [6.45, 7) is 0. The van der Waals surface area contributed by atoms with Crippen molar-refractivity contribution in [1.82, 2.24) is 19.6 Å². The average molecular weight is 286 g/mol. The van der Waals surface area contributed by atoms with Crippen LogP contribution >= 0.6 is 24.4 Å². The molecule has 0 bridgehead atoms. The summed E-state index contributed by atoms with van der Waals surface area (Å²) in [7, 11) is 6.67. The third-order valence-electron chi connectivity index (χ3n) is 3.48. The number of nitrogens with zero attached hydrogens (tertiary/aromatic N) is 4. The van der Waals surface area contributed by atoms with Crippen molar-refractivity contribution in [1.29, 1.82) is 0 Å². The minimum absolute atomic E-state index is 0.175. The van der Waals surface area contributed by atoms with Gasteiger partial charge in [-0.05, 0) is 24.4 Å². The average Bonchev–Trinajstić information content (AvgIpc) is 2.64. The lowest BCUT2D eigenvalue weighted by Gasteiger charge is -2.26. The normalized spacial score (nSPS) is 29.1. The molecule has 98 valence electrons. The van der Waals surface area contributed by atoms with Crippen LogP contribution in [0.2, 0.25) is 0 Å². The van der Waals surface area contributed by atoms with Crippen molar-refractivity contribution >= 4 is 46.5 Å². The Hall–Kier alpha value is -1.28. The zero-order valence-corrected chi connectivity index (χ0v) is 12.2. The molecule has 6 nitrogen and oxygen atoms in total. The Balaban J connectivity index is 2.38. The first kappa shape index (κ1) is 13.2. The largest absolute Gasteiger partial charge is 0.337 e. The quantitative estimate of drug-likeness (QED) is 0.582. The van der Waals surface area contributed by atoms with Gasteiger partial charge in [0, 0.05) is 28.2 Å². The Morgan fingerprint density at radius 1 is 0.778 bits per heavy atom. The molecule has 0 saturated carbocycles. The number of hydrogen-bond acceptors (Lipinski definition) is 4. The second kappa shape index (κ2) is 4.13. The topological polar surface area (TPSA) is 47.1 Å². The molecular weight excluding hydrogens is 272 g/mol. The van der Waals surface area contributed by atoms with Crippen molar-refractivity contribution < 1.29 is 9.59 Å². The number of hydrogen-bond donors (Lipinski definition) is 0. The van der Waals surface area contributed by atoms with Crippen LogP contribution < -0.4 is 0 Å². The second-order valence-corrected chi connectivity index (χ2v) is 5.20. The van der Waals surface area contributed by atoms with Gasteiger partial charge in [-0.1, -0.05) is 0 Å². The summed E-state index contributed by atoms with van der Waals surface area (Å²) >= 11 is 10.3. The van der Waals surface area contributed by atoms with Gasteiger partial charge >= 0.3 is 0 Å². The third kappa shape index (κ3) is 1.52.